The van der Waals surface area contributed by atoms with Crippen LogP contribution in [0.2, 0.25) is 0 Å². The lowest BCUT2D eigenvalue weighted by molar-refractivity contribution is -0.132. The average Bonchev–Trinajstić information content (AvgIpc) is 2.56. The molecule has 3 rings (SSSR count). The summed E-state index contributed by atoms with van der Waals surface area (Å²) in [6, 6.07) is 11.5. The molecule has 0 heterocycles. The third-order valence-corrected chi connectivity index (χ3v) is 4.47. The summed E-state index contributed by atoms with van der Waals surface area (Å²) in [6.45, 7) is 0.142. The Morgan fingerprint density at radius 1 is 1.22 bits per heavy atom. The lowest BCUT2D eigenvalue weighted by Crippen LogP contribution is -2.33. The topological polar surface area (TPSA) is 20.3 Å². The van der Waals surface area contributed by atoms with E-state index in [1.54, 1.807) is 7.05 Å². The quantitative estimate of drug-likeness (QED) is 0.837. The summed E-state index contributed by atoms with van der Waals surface area (Å²) in [6.07, 6.45) is 2.79. The lowest BCUT2D eigenvalue weighted by atomic mass is 9.82. The molecule has 0 N–H and O–H groups in total. The molecule has 1 unspecified atom stereocenters. The van der Waals surface area contributed by atoms with E-state index in [-0.39, 0.29) is 18.4 Å². The highest BCUT2D eigenvalue weighted by Gasteiger charge is 2.28. The van der Waals surface area contributed by atoms with Crippen molar-refractivity contribution in [3.63, 3.8) is 0 Å². The predicted molar refractivity (Wildman–Crippen MR) is 85.0 cm³/mol. The van der Waals surface area contributed by atoms with Gasteiger partial charge in [-0.2, -0.15) is 0 Å². The van der Waals surface area contributed by atoms with Gasteiger partial charge in [0.05, 0.1) is 5.92 Å². The van der Waals surface area contributed by atoms with Crippen LogP contribution in [0, 0.1) is 11.6 Å². The molecule has 1 amide bonds. The first kappa shape index (κ1) is 15.7. The van der Waals surface area contributed by atoms with Gasteiger partial charge in [0.1, 0.15) is 11.6 Å². The number of aryl methyl sites for hydroxylation is 1. The van der Waals surface area contributed by atoms with E-state index in [1.165, 1.54) is 22.6 Å². The van der Waals surface area contributed by atoms with Crippen molar-refractivity contribution in [2.24, 2.45) is 0 Å². The molecule has 23 heavy (non-hydrogen) atoms. The van der Waals surface area contributed by atoms with Crippen LogP contribution in [0.1, 0.15) is 35.4 Å². The van der Waals surface area contributed by atoms with Crippen LogP contribution in [0.3, 0.4) is 0 Å². The van der Waals surface area contributed by atoms with Crippen molar-refractivity contribution < 1.29 is 13.6 Å². The van der Waals surface area contributed by atoms with Crippen LogP contribution in [0.5, 0.6) is 0 Å². The summed E-state index contributed by atoms with van der Waals surface area (Å²) in [5.41, 5.74) is 2.62. The molecule has 1 atom stereocenters. The molecule has 2 aromatic rings. The second-order valence-electron chi connectivity index (χ2n) is 6.07. The predicted octanol–water partition coefficient (Wildman–Crippen LogP) is 4.04. The maximum absolute atomic E-state index is 13.8. The van der Waals surface area contributed by atoms with Crippen LogP contribution in [-0.4, -0.2) is 17.9 Å². The van der Waals surface area contributed by atoms with Crippen LogP contribution in [-0.2, 0) is 17.8 Å². The molecule has 0 fully saturated rings. The van der Waals surface area contributed by atoms with Gasteiger partial charge in [0.2, 0.25) is 5.91 Å². The van der Waals surface area contributed by atoms with Gasteiger partial charge in [-0.05, 0) is 36.5 Å². The van der Waals surface area contributed by atoms with E-state index in [2.05, 4.69) is 6.07 Å². The number of rotatable bonds is 3. The summed E-state index contributed by atoms with van der Waals surface area (Å²) in [4.78, 5) is 14.3. The Morgan fingerprint density at radius 3 is 2.78 bits per heavy atom. The van der Waals surface area contributed by atoms with E-state index in [1.807, 2.05) is 18.2 Å². The number of fused-ring (bicyclic) bond motifs is 1. The zero-order valence-electron chi connectivity index (χ0n) is 13.1. The summed E-state index contributed by atoms with van der Waals surface area (Å²) < 4.78 is 26.8. The molecule has 1 aliphatic carbocycles. The summed E-state index contributed by atoms with van der Waals surface area (Å²) in [7, 11) is 1.67. The van der Waals surface area contributed by atoms with Crippen LogP contribution in [0.25, 0.3) is 0 Å². The Balaban J connectivity index is 1.78. The van der Waals surface area contributed by atoms with Gasteiger partial charge in [-0.25, -0.2) is 8.78 Å². The second-order valence-corrected chi connectivity index (χ2v) is 6.07. The molecule has 0 aliphatic heterocycles. The Bertz CT molecular complexity index is 729. The fraction of sp³-hybridized carbons (Fsp3) is 0.316. The van der Waals surface area contributed by atoms with Gasteiger partial charge < -0.3 is 4.90 Å². The molecule has 2 aromatic carbocycles. The fourth-order valence-electron chi connectivity index (χ4n) is 3.26. The Morgan fingerprint density at radius 2 is 2.00 bits per heavy atom. The number of hydrogen-bond donors (Lipinski definition) is 0. The first-order valence-electron chi connectivity index (χ1n) is 7.83. The van der Waals surface area contributed by atoms with Crippen LogP contribution in [0.4, 0.5) is 8.78 Å². The van der Waals surface area contributed by atoms with Gasteiger partial charge in [-0.1, -0.05) is 30.3 Å². The van der Waals surface area contributed by atoms with Crippen molar-refractivity contribution in [3.8, 4) is 0 Å². The Labute approximate surface area is 134 Å². The Kier molecular flexibility index (Phi) is 4.42. The number of halogens is 2. The van der Waals surface area contributed by atoms with Gasteiger partial charge >= 0.3 is 0 Å². The third-order valence-electron chi connectivity index (χ3n) is 4.47. The normalized spacial score (nSPS) is 16.7. The van der Waals surface area contributed by atoms with Crippen molar-refractivity contribution in [3.05, 3.63) is 70.8 Å². The zero-order valence-corrected chi connectivity index (χ0v) is 13.1. The molecule has 1 aliphatic rings. The van der Waals surface area contributed by atoms with Gasteiger partial charge in [0, 0.05) is 25.2 Å². The number of carbonyl (C=O) groups is 1. The maximum Gasteiger partial charge on any atom is 0.230 e. The van der Waals surface area contributed by atoms with Gasteiger partial charge in [0.25, 0.3) is 0 Å². The molecule has 0 aromatic heterocycles. The third kappa shape index (κ3) is 3.26. The number of benzene rings is 2. The number of amides is 1. The Hall–Kier alpha value is -2.23. The highest BCUT2D eigenvalue weighted by molar-refractivity contribution is 5.84. The van der Waals surface area contributed by atoms with E-state index in [0.717, 1.165) is 30.9 Å². The molecular formula is C19H19F2NO. The summed E-state index contributed by atoms with van der Waals surface area (Å²) in [5, 5.41) is 0. The van der Waals surface area contributed by atoms with Gasteiger partial charge in [-0.15, -0.1) is 0 Å². The average molecular weight is 315 g/mol. The maximum atomic E-state index is 13.8. The molecule has 0 spiro atoms. The number of hydrogen-bond acceptors (Lipinski definition) is 1. The first-order valence-corrected chi connectivity index (χ1v) is 7.83. The standard InChI is InChI=1S/C19H19F2NO/c1-22(12-14-9-10-15(20)11-18(14)21)19(23)17-8-4-6-13-5-2-3-7-16(13)17/h2-3,5,7,9-11,17H,4,6,8,12H2,1H3. The minimum absolute atomic E-state index is 0.0131. The van der Waals surface area contributed by atoms with E-state index in [4.69, 9.17) is 0 Å². The SMILES string of the molecule is CN(Cc1ccc(F)cc1F)C(=O)C1CCCc2ccccc21. The molecular weight excluding hydrogens is 296 g/mol. The molecule has 0 bridgehead atoms. The van der Waals surface area contributed by atoms with Crippen LogP contribution < -0.4 is 0 Å². The van der Waals surface area contributed by atoms with Gasteiger partial charge in [0.15, 0.2) is 0 Å². The van der Waals surface area contributed by atoms with E-state index >= 15 is 0 Å². The highest BCUT2D eigenvalue weighted by atomic mass is 19.1. The largest absolute Gasteiger partial charge is 0.341 e. The van der Waals surface area contributed by atoms with Crippen molar-refractivity contribution in [2.45, 2.75) is 31.7 Å². The van der Waals surface area contributed by atoms with Crippen molar-refractivity contribution in [2.75, 3.05) is 7.05 Å². The van der Waals surface area contributed by atoms with E-state index in [0.29, 0.717) is 5.56 Å². The number of nitrogens with zero attached hydrogens (tertiary/aromatic N) is 1. The van der Waals surface area contributed by atoms with Crippen molar-refractivity contribution in [1.29, 1.82) is 0 Å². The summed E-state index contributed by atoms with van der Waals surface area (Å²) >= 11 is 0. The molecule has 4 heteroatoms. The van der Waals surface area contributed by atoms with Crippen LogP contribution >= 0.6 is 0 Å². The minimum atomic E-state index is -0.617. The number of carbonyl (C=O) groups excluding carboxylic acids is 1. The van der Waals surface area contributed by atoms with Crippen molar-refractivity contribution >= 4 is 5.91 Å². The minimum Gasteiger partial charge on any atom is -0.341 e. The second kappa shape index (κ2) is 6.49. The molecule has 0 saturated heterocycles. The molecule has 0 saturated carbocycles. The smallest absolute Gasteiger partial charge is 0.230 e. The van der Waals surface area contributed by atoms with Gasteiger partial charge in [-0.3, -0.25) is 4.79 Å². The van der Waals surface area contributed by atoms with E-state index < -0.39 is 11.6 Å². The first-order chi connectivity index (χ1) is 11.1. The lowest BCUT2D eigenvalue weighted by Gasteiger charge is -2.28. The monoisotopic (exact) mass is 315 g/mol. The fourth-order valence-corrected chi connectivity index (χ4v) is 3.26. The molecule has 0 radical (unpaired) electrons. The van der Waals surface area contributed by atoms with Crippen LogP contribution in [0.15, 0.2) is 42.5 Å². The number of likely N-dealkylation sites (N-methyl/N-ethyl adjacent to an activating group) is 1. The molecule has 2 nitrogen and oxygen atoms in total. The zero-order chi connectivity index (χ0) is 16.4. The highest BCUT2D eigenvalue weighted by Crippen LogP contribution is 2.33. The van der Waals surface area contributed by atoms with E-state index in [9.17, 15) is 13.6 Å². The molecule has 120 valence electrons. The summed E-state index contributed by atoms with van der Waals surface area (Å²) in [5.74, 6) is -1.41. The van der Waals surface area contributed by atoms with Crippen molar-refractivity contribution in [1.82, 2.24) is 4.90 Å².